The average Bonchev–Trinajstić information content (AvgIpc) is 2.84. The summed E-state index contributed by atoms with van der Waals surface area (Å²) in [4.78, 5) is 0. The van der Waals surface area contributed by atoms with Crippen LogP contribution in [0, 0.1) is 0 Å². The van der Waals surface area contributed by atoms with Crippen LogP contribution in [0.25, 0.3) is 0 Å². The summed E-state index contributed by atoms with van der Waals surface area (Å²) in [6.45, 7) is 1.05. The summed E-state index contributed by atoms with van der Waals surface area (Å²) in [7, 11) is 0. The first-order valence-corrected chi connectivity index (χ1v) is 6.35. The molecule has 1 aromatic carbocycles. The Morgan fingerprint density at radius 2 is 2.12 bits per heavy atom. The third-order valence-electron chi connectivity index (χ3n) is 4.12. The standard InChI is InChI=1S/C14H19NO/c16-14(13-8-4-10-15-13)9-3-6-11-5-1-2-7-12(11)14/h1-2,5,7,13,15-16H,3-4,6,8-10H2/t13-,14-/m0/s1. The van der Waals surface area contributed by atoms with Crippen LogP contribution in [0.15, 0.2) is 24.3 Å². The van der Waals surface area contributed by atoms with E-state index in [1.807, 2.05) is 6.07 Å². The van der Waals surface area contributed by atoms with E-state index in [1.165, 1.54) is 17.5 Å². The van der Waals surface area contributed by atoms with E-state index in [9.17, 15) is 5.11 Å². The first kappa shape index (κ1) is 10.3. The SMILES string of the molecule is O[C@@]1([C@@H]2CCCN2)CCCc2ccccc21. The lowest BCUT2D eigenvalue weighted by Gasteiger charge is -2.39. The van der Waals surface area contributed by atoms with Crippen molar-refractivity contribution in [2.24, 2.45) is 0 Å². The molecule has 1 saturated heterocycles. The highest BCUT2D eigenvalue weighted by atomic mass is 16.3. The predicted octanol–water partition coefficient (Wildman–Crippen LogP) is 1.96. The highest BCUT2D eigenvalue weighted by Gasteiger charge is 2.42. The molecule has 1 fully saturated rings. The summed E-state index contributed by atoms with van der Waals surface area (Å²) in [5, 5.41) is 14.4. The van der Waals surface area contributed by atoms with Gasteiger partial charge in [0.05, 0.1) is 0 Å². The number of aryl methyl sites for hydroxylation is 1. The Kier molecular flexibility index (Phi) is 2.49. The maximum Gasteiger partial charge on any atom is 0.105 e. The highest BCUT2D eigenvalue weighted by molar-refractivity contribution is 5.36. The van der Waals surface area contributed by atoms with Crippen molar-refractivity contribution in [2.75, 3.05) is 6.54 Å². The Hall–Kier alpha value is -0.860. The van der Waals surface area contributed by atoms with Gasteiger partial charge in [-0.3, -0.25) is 0 Å². The average molecular weight is 217 g/mol. The number of aliphatic hydroxyl groups is 1. The minimum Gasteiger partial charge on any atom is -0.384 e. The second-order valence-electron chi connectivity index (χ2n) is 5.08. The van der Waals surface area contributed by atoms with Crippen LogP contribution in [-0.2, 0) is 12.0 Å². The zero-order chi connectivity index (χ0) is 11.0. The molecule has 0 saturated carbocycles. The Labute approximate surface area is 96.7 Å². The lowest BCUT2D eigenvalue weighted by Crippen LogP contribution is -2.47. The molecular formula is C14H19NO. The van der Waals surface area contributed by atoms with Crippen molar-refractivity contribution >= 4 is 0 Å². The van der Waals surface area contributed by atoms with Gasteiger partial charge >= 0.3 is 0 Å². The molecule has 0 spiro atoms. The summed E-state index contributed by atoms with van der Waals surface area (Å²) in [5.41, 5.74) is 1.89. The van der Waals surface area contributed by atoms with Gasteiger partial charge < -0.3 is 10.4 Å². The van der Waals surface area contributed by atoms with Crippen LogP contribution < -0.4 is 5.32 Å². The number of hydrogen-bond acceptors (Lipinski definition) is 2. The van der Waals surface area contributed by atoms with Gasteiger partial charge in [-0.1, -0.05) is 24.3 Å². The first-order chi connectivity index (χ1) is 7.81. The molecule has 1 heterocycles. The van der Waals surface area contributed by atoms with Crippen LogP contribution in [0.5, 0.6) is 0 Å². The molecule has 0 bridgehead atoms. The smallest absolute Gasteiger partial charge is 0.105 e. The molecule has 0 unspecified atom stereocenters. The molecular weight excluding hydrogens is 198 g/mol. The summed E-state index contributed by atoms with van der Waals surface area (Å²) < 4.78 is 0. The number of benzene rings is 1. The van der Waals surface area contributed by atoms with Gasteiger partial charge in [0.2, 0.25) is 0 Å². The van der Waals surface area contributed by atoms with Crippen molar-refractivity contribution in [2.45, 2.75) is 43.7 Å². The van der Waals surface area contributed by atoms with E-state index >= 15 is 0 Å². The van der Waals surface area contributed by atoms with E-state index in [-0.39, 0.29) is 6.04 Å². The molecule has 16 heavy (non-hydrogen) atoms. The van der Waals surface area contributed by atoms with Crippen molar-refractivity contribution in [1.82, 2.24) is 5.32 Å². The fraction of sp³-hybridized carbons (Fsp3) is 0.571. The molecule has 1 aliphatic carbocycles. The van der Waals surface area contributed by atoms with Crippen LogP contribution in [0.2, 0.25) is 0 Å². The largest absolute Gasteiger partial charge is 0.384 e. The third kappa shape index (κ3) is 1.48. The highest BCUT2D eigenvalue weighted by Crippen LogP contribution is 2.40. The number of hydrogen-bond donors (Lipinski definition) is 2. The Morgan fingerprint density at radius 1 is 1.25 bits per heavy atom. The molecule has 86 valence electrons. The van der Waals surface area contributed by atoms with Gasteiger partial charge in [0.25, 0.3) is 0 Å². The molecule has 1 aliphatic heterocycles. The van der Waals surface area contributed by atoms with Crippen LogP contribution >= 0.6 is 0 Å². The van der Waals surface area contributed by atoms with E-state index in [4.69, 9.17) is 0 Å². The van der Waals surface area contributed by atoms with Crippen LogP contribution in [-0.4, -0.2) is 17.7 Å². The van der Waals surface area contributed by atoms with Crippen LogP contribution in [0.3, 0.4) is 0 Å². The van der Waals surface area contributed by atoms with Crippen molar-refractivity contribution in [3.8, 4) is 0 Å². The lowest BCUT2D eigenvalue weighted by atomic mass is 9.74. The molecule has 2 nitrogen and oxygen atoms in total. The van der Waals surface area contributed by atoms with E-state index in [1.54, 1.807) is 0 Å². The number of rotatable bonds is 1. The maximum absolute atomic E-state index is 11.0. The van der Waals surface area contributed by atoms with Crippen LogP contribution in [0.1, 0.15) is 36.8 Å². The van der Waals surface area contributed by atoms with Crippen molar-refractivity contribution < 1.29 is 5.11 Å². The Morgan fingerprint density at radius 3 is 2.94 bits per heavy atom. The van der Waals surface area contributed by atoms with E-state index in [2.05, 4.69) is 23.5 Å². The zero-order valence-electron chi connectivity index (χ0n) is 9.58. The van der Waals surface area contributed by atoms with Gasteiger partial charge in [-0.15, -0.1) is 0 Å². The van der Waals surface area contributed by atoms with Gasteiger partial charge in [0, 0.05) is 6.04 Å². The maximum atomic E-state index is 11.0. The van der Waals surface area contributed by atoms with E-state index < -0.39 is 5.60 Å². The molecule has 2 N–H and O–H groups in total. The van der Waals surface area contributed by atoms with Crippen molar-refractivity contribution in [3.05, 3.63) is 35.4 Å². The molecule has 1 aromatic rings. The third-order valence-corrected chi connectivity index (χ3v) is 4.12. The van der Waals surface area contributed by atoms with Crippen molar-refractivity contribution in [1.29, 1.82) is 0 Å². The molecule has 2 aliphatic rings. The lowest BCUT2D eigenvalue weighted by molar-refractivity contribution is -0.0134. The topological polar surface area (TPSA) is 32.3 Å². The van der Waals surface area contributed by atoms with E-state index in [0.717, 1.165) is 32.2 Å². The summed E-state index contributed by atoms with van der Waals surface area (Å²) >= 11 is 0. The molecule has 0 aromatic heterocycles. The summed E-state index contributed by atoms with van der Waals surface area (Å²) in [6, 6.07) is 8.65. The molecule has 0 amide bonds. The molecule has 2 atom stereocenters. The van der Waals surface area contributed by atoms with Crippen LogP contribution in [0.4, 0.5) is 0 Å². The summed E-state index contributed by atoms with van der Waals surface area (Å²) in [5.74, 6) is 0. The van der Waals surface area contributed by atoms with Crippen molar-refractivity contribution in [3.63, 3.8) is 0 Å². The predicted molar refractivity (Wildman–Crippen MR) is 64.3 cm³/mol. The fourth-order valence-electron chi connectivity index (χ4n) is 3.30. The van der Waals surface area contributed by atoms with Gasteiger partial charge in [0.15, 0.2) is 0 Å². The second-order valence-corrected chi connectivity index (χ2v) is 5.08. The molecule has 0 radical (unpaired) electrons. The first-order valence-electron chi connectivity index (χ1n) is 6.35. The molecule has 3 rings (SSSR count). The normalized spacial score (nSPS) is 33.7. The van der Waals surface area contributed by atoms with Gasteiger partial charge in [-0.05, 0) is 49.8 Å². The van der Waals surface area contributed by atoms with Gasteiger partial charge in [0.1, 0.15) is 5.60 Å². The minimum atomic E-state index is -0.620. The van der Waals surface area contributed by atoms with Gasteiger partial charge in [-0.25, -0.2) is 0 Å². The monoisotopic (exact) mass is 217 g/mol. The zero-order valence-corrected chi connectivity index (χ0v) is 9.58. The van der Waals surface area contributed by atoms with E-state index in [0.29, 0.717) is 0 Å². The quantitative estimate of drug-likeness (QED) is 0.753. The second kappa shape index (κ2) is 3.86. The minimum absolute atomic E-state index is 0.258. The summed E-state index contributed by atoms with van der Waals surface area (Å²) in [6.07, 6.45) is 5.42. The Bertz CT molecular complexity index is 384. The number of fused-ring (bicyclic) bond motifs is 1. The van der Waals surface area contributed by atoms with Gasteiger partial charge in [-0.2, -0.15) is 0 Å². The number of nitrogens with one attached hydrogen (secondary N) is 1. The molecule has 2 heteroatoms. The fourth-order valence-corrected chi connectivity index (χ4v) is 3.30. The Balaban J connectivity index is 2.02.